The van der Waals surface area contributed by atoms with Gasteiger partial charge in [-0.1, -0.05) is 5.21 Å². The highest BCUT2D eigenvalue weighted by Gasteiger charge is 2.30. The summed E-state index contributed by atoms with van der Waals surface area (Å²) >= 11 is 0. The van der Waals surface area contributed by atoms with Crippen molar-refractivity contribution in [1.29, 1.82) is 0 Å². The van der Waals surface area contributed by atoms with Gasteiger partial charge in [0.15, 0.2) is 6.29 Å². The van der Waals surface area contributed by atoms with E-state index in [0.717, 1.165) is 24.8 Å². The minimum absolute atomic E-state index is 0.209. The maximum absolute atomic E-state index is 10.8. The largest absolute Gasteiger partial charge is 0.296 e. The summed E-state index contributed by atoms with van der Waals surface area (Å²) in [7, 11) is 0. The van der Waals surface area contributed by atoms with Crippen LogP contribution in [0.2, 0.25) is 0 Å². The monoisotopic (exact) mass is 179 g/mol. The third-order valence-electron chi connectivity index (χ3n) is 2.32. The van der Waals surface area contributed by atoms with E-state index in [1.165, 1.54) is 0 Å². The van der Waals surface area contributed by atoms with E-state index in [-0.39, 0.29) is 6.04 Å². The molecule has 0 bridgehead atoms. The van der Waals surface area contributed by atoms with E-state index in [1.807, 2.05) is 13.8 Å². The van der Waals surface area contributed by atoms with E-state index in [1.54, 1.807) is 4.68 Å². The van der Waals surface area contributed by atoms with Crippen LogP contribution >= 0.6 is 0 Å². The Morgan fingerprint density at radius 3 is 2.69 bits per heavy atom. The summed E-state index contributed by atoms with van der Waals surface area (Å²) in [6.07, 6.45) is 3.17. The van der Waals surface area contributed by atoms with Crippen molar-refractivity contribution in [3.05, 3.63) is 11.4 Å². The lowest BCUT2D eigenvalue weighted by Gasteiger charge is -2.05. The quantitative estimate of drug-likeness (QED) is 0.661. The average molecular weight is 179 g/mol. The summed E-state index contributed by atoms with van der Waals surface area (Å²) in [5.74, 6) is 0.493. The van der Waals surface area contributed by atoms with Crippen molar-refractivity contribution in [1.82, 2.24) is 15.0 Å². The molecule has 4 heteroatoms. The van der Waals surface area contributed by atoms with Crippen LogP contribution in [-0.2, 0) is 0 Å². The van der Waals surface area contributed by atoms with Gasteiger partial charge in [-0.05, 0) is 26.7 Å². The van der Waals surface area contributed by atoms with Gasteiger partial charge in [0.1, 0.15) is 5.69 Å². The Morgan fingerprint density at radius 2 is 2.23 bits per heavy atom. The molecule has 0 spiro atoms. The van der Waals surface area contributed by atoms with Gasteiger partial charge < -0.3 is 0 Å². The second-order valence-electron chi connectivity index (χ2n) is 3.79. The van der Waals surface area contributed by atoms with Crippen LogP contribution in [0.15, 0.2) is 0 Å². The predicted molar refractivity (Wildman–Crippen MR) is 47.8 cm³/mol. The van der Waals surface area contributed by atoms with Crippen molar-refractivity contribution in [3.8, 4) is 0 Å². The summed E-state index contributed by atoms with van der Waals surface area (Å²) in [5.41, 5.74) is 1.56. The molecular weight excluding hydrogens is 166 g/mol. The molecule has 0 N–H and O–H groups in total. The molecule has 0 saturated heterocycles. The summed E-state index contributed by atoms with van der Waals surface area (Å²) in [4.78, 5) is 10.8. The van der Waals surface area contributed by atoms with Crippen molar-refractivity contribution < 1.29 is 4.79 Å². The lowest BCUT2D eigenvalue weighted by atomic mass is 10.2. The third-order valence-corrected chi connectivity index (χ3v) is 2.32. The van der Waals surface area contributed by atoms with Crippen LogP contribution in [0, 0.1) is 0 Å². The van der Waals surface area contributed by atoms with Crippen LogP contribution in [-0.4, -0.2) is 21.3 Å². The molecule has 1 saturated carbocycles. The molecule has 0 radical (unpaired) electrons. The van der Waals surface area contributed by atoms with Gasteiger partial charge in [0.05, 0.1) is 5.69 Å². The number of hydrogen-bond acceptors (Lipinski definition) is 3. The van der Waals surface area contributed by atoms with Gasteiger partial charge in [-0.2, -0.15) is 0 Å². The summed E-state index contributed by atoms with van der Waals surface area (Å²) in [6.45, 7) is 4.00. The SMILES string of the molecule is CC(C)n1nnc(C2CC2)c1C=O. The fraction of sp³-hybridized carbons (Fsp3) is 0.667. The number of aromatic nitrogens is 3. The molecule has 1 fully saturated rings. The Morgan fingerprint density at radius 1 is 1.54 bits per heavy atom. The van der Waals surface area contributed by atoms with Crippen molar-refractivity contribution in [2.24, 2.45) is 0 Å². The van der Waals surface area contributed by atoms with Crippen LogP contribution in [0.5, 0.6) is 0 Å². The highest BCUT2D eigenvalue weighted by atomic mass is 16.1. The summed E-state index contributed by atoms with van der Waals surface area (Å²) < 4.78 is 1.70. The normalized spacial score (nSPS) is 16.5. The Bertz CT molecular complexity index is 306. The average Bonchev–Trinajstić information content (AvgIpc) is 2.84. The minimum Gasteiger partial charge on any atom is -0.296 e. The first-order valence-corrected chi connectivity index (χ1v) is 4.64. The van der Waals surface area contributed by atoms with E-state index in [0.29, 0.717) is 11.6 Å². The molecule has 0 aromatic carbocycles. The predicted octanol–water partition coefficient (Wildman–Crippen LogP) is 1.55. The fourth-order valence-electron chi connectivity index (χ4n) is 1.46. The molecule has 4 nitrogen and oxygen atoms in total. The molecule has 0 unspecified atom stereocenters. The number of carbonyl (C=O) groups excluding carboxylic acids is 1. The maximum Gasteiger partial charge on any atom is 0.170 e. The van der Waals surface area contributed by atoms with Gasteiger partial charge in [-0.25, -0.2) is 4.68 Å². The molecule has 1 heterocycles. The first-order valence-electron chi connectivity index (χ1n) is 4.64. The van der Waals surface area contributed by atoms with Gasteiger partial charge in [-0.15, -0.1) is 5.10 Å². The Hall–Kier alpha value is -1.19. The van der Waals surface area contributed by atoms with Gasteiger partial charge in [0.2, 0.25) is 0 Å². The zero-order chi connectivity index (χ0) is 9.42. The lowest BCUT2D eigenvalue weighted by molar-refractivity contribution is 0.111. The van der Waals surface area contributed by atoms with Gasteiger partial charge in [-0.3, -0.25) is 4.79 Å². The molecule has 2 rings (SSSR count). The molecule has 1 aliphatic carbocycles. The molecule has 0 atom stereocenters. The van der Waals surface area contributed by atoms with Crippen molar-refractivity contribution in [3.63, 3.8) is 0 Å². The first-order chi connectivity index (χ1) is 6.24. The number of nitrogens with zero attached hydrogens (tertiary/aromatic N) is 3. The molecule has 1 aromatic heterocycles. The standard InChI is InChI=1S/C9H13N3O/c1-6(2)12-8(5-13)9(10-11-12)7-3-4-7/h5-7H,3-4H2,1-2H3. The summed E-state index contributed by atoms with van der Waals surface area (Å²) in [6, 6.07) is 0.209. The van der Waals surface area contributed by atoms with E-state index in [4.69, 9.17) is 0 Å². The van der Waals surface area contributed by atoms with Crippen LogP contribution in [0.3, 0.4) is 0 Å². The van der Waals surface area contributed by atoms with E-state index in [9.17, 15) is 4.79 Å². The molecular formula is C9H13N3O. The molecule has 0 amide bonds. The number of rotatable bonds is 3. The van der Waals surface area contributed by atoms with Crippen molar-refractivity contribution >= 4 is 6.29 Å². The first kappa shape index (κ1) is 8.41. The van der Waals surface area contributed by atoms with Gasteiger partial charge in [0.25, 0.3) is 0 Å². The topological polar surface area (TPSA) is 47.8 Å². The van der Waals surface area contributed by atoms with Crippen LogP contribution in [0.4, 0.5) is 0 Å². The third kappa shape index (κ3) is 1.36. The summed E-state index contributed by atoms with van der Waals surface area (Å²) in [5, 5.41) is 8.04. The van der Waals surface area contributed by atoms with E-state index < -0.39 is 0 Å². The van der Waals surface area contributed by atoms with E-state index >= 15 is 0 Å². The Kier molecular flexibility index (Phi) is 1.90. The fourth-order valence-corrected chi connectivity index (χ4v) is 1.46. The zero-order valence-electron chi connectivity index (χ0n) is 7.90. The van der Waals surface area contributed by atoms with Crippen LogP contribution in [0.25, 0.3) is 0 Å². The molecule has 70 valence electrons. The second-order valence-corrected chi connectivity index (χ2v) is 3.79. The smallest absolute Gasteiger partial charge is 0.170 e. The number of aldehydes is 1. The van der Waals surface area contributed by atoms with Crippen LogP contribution < -0.4 is 0 Å². The van der Waals surface area contributed by atoms with Crippen molar-refractivity contribution in [2.45, 2.75) is 38.6 Å². The van der Waals surface area contributed by atoms with Crippen molar-refractivity contribution in [2.75, 3.05) is 0 Å². The number of hydrogen-bond donors (Lipinski definition) is 0. The van der Waals surface area contributed by atoms with Gasteiger partial charge in [0, 0.05) is 12.0 Å². The number of carbonyl (C=O) groups is 1. The minimum atomic E-state index is 0.209. The maximum atomic E-state index is 10.8. The van der Waals surface area contributed by atoms with E-state index in [2.05, 4.69) is 10.3 Å². The van der Waals surface area contributed by atoms with Crippen LogP contribution in [0.1, 0.15) is 54.8 Å². The molecule has 13 heavy (non-hydrogen) atoms. The van der Waals surface area contributed by atoms with Gasteiger partial charge >= 0.3 is 0 Å². The molecule has 1 aromatic rings. The zero-order valence-corrected chi connectivity index (χ0v) is 7.90. The molecule has 0 aliphatic heterocycles. The highest BCUT2D eigenvalue weighted by molar-refractivity contribution is 5.74. The highest BCUT2D eigenvalue weighted by Crippen LogP contribution is 2.40. The Balaban J connectivity index is 2.41. The Labute approximate surface area is 76.9 Å². The lowest BCUT2D eigenvalue weighted by Crippen LogP contribution is -2.07. The second kappa shape index (κ2) is 2.94. The molecule has 1 aliphatic rings.